The fourth-order valence-corrected chi connectivity index (χ4v) is 6.08. The van der Waals surface area contributed by atoms with Crippen molar-refractivity contribution in [3.05, 3.63) is 70.0 Å². The van der Waals surface area contributed by atoms with E-state index >= 15 is 0 Å². The molecule has 10 heteroatoms. The van der Waals surface area contributed by atoms with Gasteiger partial charge in [0.25, 0.3) is 10.0 Å². The van der Waals surface area contributed by atoms with Gasteiger partial charge in [0, 0.05) is 6.07 Å². The highest BCUT2D eigenvalue weighted by Gasteiger charge is 2.28. The van der Waals surface area contributed by atoms with Crippen LogP contribution in [0.4, 0.5) is 5.69 Å². The Bertz CT molecular complexity index is 1150. The number of amides is 1. The van der Waals surface area contributed by atoms with Gasteiger partial charge in [0.2, 0.25) is 5.91 Å². The van der Waals surface area contributed by atoms with Crippen molar-refractivity contribution in [2.45, 2.75) is 16.7 Å². The van der Waals surface area contributed by atoms with Crippen LogP contribution < -0.4 is 19.5 Å². The molecular formula is C21H21BrN2O5S2. The van der Waals surface area contributed by atoms with Crippen LogP contribution in [0.3, 0.4) is 0 Å². The van der Waals surface area contributed by atoms with E-state index in [9.17, 15) is 13.2 Å². The molecule has 0 aliphatic rings. The Morgan fingerprint density at radius 2 is 1.81 bits per heavy atom. The minimum absolute atomic E-state index is 0.115. The SMILES string of the molecule is COc1ccc(OC)c(NC(=O)[C@H](Cc2ccccc2)NS(=O)(=O)c2ccc(Br)s2)c1. The number of carbonyl (C=O) groups is 1. The van der Waals surface area contributed by atoms with Crippen LogP contribution in [0.1, 0.15) is 5.56 Å². The highest BCUT2D eigenvalue weighted by molar-refractivity contribution is 9.11. The lowest BCUT2D eigenvalue weighted by Crippen LogP contribution is -2.45. The first-order valence-electron chi connectivity index (χ1n) is 9.17. The second-order valence-electron chi connectivity index (χ2n) is 6.48. The standard InChI is InChI=1S/C21H21BrN2O5S2/c1-28-15-8-9-18(29-2)16(13-15)23-21(25)17(12-14-6-4-3-5-7-14)24-31(26,27)20-11-10-19(22)30-20/h3-11,13,17,24H,12H2,1-2H3,(H,23,25)/t17-/m0/s1. The third kappa shape index (κ3) is 6.07. The number of nitrogens with one attached hydrogen (secondary N) is 2. The van der Waals surface area contributed by atoms with E-state index < -0.39 is 22.0 Å². The lowest BCUT2D eigenvalue weighted by molar-refractivity contribution is -0.117. The van der Waals surface area contributed by atoms with Crippen LogP contribution in [0.5, 0.6) is 11.5 Å². The number of carbonyl (C=O) groups excluding carboxylic acids is 1. The van der Waals surface area contributed by atoms with E-state index in [1.165, 1.54) is 20.3 Å². The van der Waals surface area contributed by atoms with Crippen LogP contribution in [0.2, 0.25) is 0 Å². The quantitative estimate of drug-likeness (QED) is 0.440. The van der Waals surface area contributed by atoms with Gasteiger partial charge in [0.05, 0.1) is 23.7 Å². The van der Waals surface area contributed by atoms with E-state index in [0.29, 0.717) is 21.0 Å². The fourth-order valence-electron chi connectivity index (χ4n) is 2.86. The average molecular weight is 525 g/mol. The van der Waals surface area contributed by atoms with Crippen molar-refractivity contribution in [1.29, 1.82) is 0 Å². The highest BCUT2D eigenvalue weighted by Crippen LogP contribution is 2.30. The number of hydrogen-bond donors (Lipinski definition) is 2. The van der Waals surface area contributed by atoms with Gasteiger partial charge in [-0.05, 0) is 52.2 Å². The smallest absolute Gasteiger partial charge is 0.250 e. The van der Waals surface area contributed by atoms with Gasteiger partial charge in [0.1, 0.15) is 21.8 Å². The summed E-state index contributed by atoms with van der Waals surface area (Å²) in [5.41, 5.74) is 1.19. The maximum absolute atomic E-state index is 13.2. The lowest BCUT2D eigenvalue weighted by atomic mass is 10.1. The van der Waals surface area contributed by atoms with Crippen LogP contribution in [0.15, 0.2) is 68.7 Å². The van der Waals surface area contributed by atoms with Crippen molar-refractivity contribution in [2.24, 2.45) is 0 Å². The molecule has 1 atom stereocenters. The minimum Gasteiger partial charge on any atom is -0.497 e. The molecule has 1 amide bonds. The topological polar surface area (TPSA) is 93.7 Å². The van der Waals surface area contributed by atoms with Crippen LogP contribution in [-0.2, 0) is 21.2 Å². The summed E-state index contributed by atoms with van der Waals surface area (Å²) in [5, 5.41) is 2.76. The summed E-state index contributed by atoms with van der Waals surface area (Å²) in [5.74, 6) is 0.437. The summed E-state index contributed by atoms with van der Waals surface area (Å²) in [6.07, 6.45) is 0.171. The summed E-state index contributed by atoms with van der Waals surface area (Å²) in [6.45, 7) is 0. The van der Waals surface area contributed by atoms with Crippen molar-refractivity contribution >= 4 is 48.9 Å². The number of thiophene rings is 1. The second kappa shape index (κ2) is 10.3. The molecule has 31 heavy (non-hydrogen) atoms. The minimum atomic E-state index is -3.90. The maximum Gasteiger partial charge on any atom is 0.250 e. The number of benzene rings is 2. The molecule has 2 N–H and O–H groups in total. The van der Waals surface area contributed by atoms with E-state index in [-0.39, 0.29) is 10.6 Å². The van der Waals surface area contributed by atoms with Gasteiger partial charge in [0.15, 0.2) is 0 Å². The van der Waals surface area contributed by atoms with Crippen molar-refractivity contribution in [2.75, 3.05) is 19.5 Å². The van der Waals surface area contributed by atoms with Gasteiger partial charge >= 0.3 is 0 Å². The molecule has 164 valence electrons. The monoisotopic (exact) mass is 524 g/mol. The molecule has 0 saturated heterocycles. The number of methoxy groups -OCH3 is 2. The predicted molar refractivity (Wildman–Crippen MR) is 124 cm³/mol. The first-order valence-corrected chi connectivity index (χ1v) is 12.3. The Labute approximate surface area is 193 Å². The second-order valence-corrected chi connectivity index (χ2v) is 10.9. The van der Waals surface area contributed by atoms with Gasteiger partial charge in [-0.3, -0.25) is 4.79 Å². The van der Waals surface area contributed by atoms with Crippen LogP contribution in [0, 0.1) is 0 Å². The highest BCUT2D eigenvalue weighted by atomic mass is 79.9. The summed E-state index contributed by atoms with van der Waals surface area (Å²) in [7, 11) is -0.908. The van der Waals surface area contributed by atoms with Gasteiger partial charge in [-0.15, -0.1) is 11.3 Å². The molecule has 0 unspecified atom stereocenters. The molecule has 0 spiro atoms. The summed E-state index contributed by atoms with van der Waals surface area (Å²) < 4.78 is 39.6. The average Bonchev–Trinajstić information content (AvgIpc) is 3.21. The van der Waals surface area contributed by atoms with Gasteiger partial charge in [-0.1, -0.05) is 30.3 Å². The first kappa shape index (κ1) is 23.3. The zero-order valence-corrected chi connectivity index (χ0v) is 20.0. The van der Waals surface area contributed by atoms with Gasteiger partial charge in [-0.25, -0.2) is 8.42 Å². The molecule has 0 fully saturated rings. The predicted octanol–water partition coefficient (Wildman–Crippen LogP) is 4.06. The fraction of sp³-hybridized carbons (Fsp3) is 0.190. The van der Waals surface area contributed by atoms with E-state index in [0.717, 1.165) is 16.9 Å². The molecule has 0 radical (unpaired) electrons. The molecule has 0 saturated carbocycles. The van der Waals surface area contributed by atoms with Crippen LogP contribution in [0.25, 0.3) is 0 Å². The molecule has 7 nitrogen and oxygen atoms in total. The Balaban J connectivity index is 1.89. The van der Waals surface area contributed by atoms with E-state index in [2.05, 4.69) is 26.0 Å². The number of sulfonamides is 1. The van der Waals surface area contributed by atoms with Crippen LogP contribution in [-0.4, -0.2) is 34.6 Å². The van der Waals surface area contributed by atoms with Gasteiger partial charge in [-0.2, -0.15) is 4.72 Å². The van der Waals surface area contributed by atoms with E-state index in [1.54, 1.807) is 24.3 Å². The van der Waals surface area contributed by atoms with Crippen molar-refractivity contribution in [3.8, 4) is 11.5 Å². The molecule has 0 aliphatic carbocycles. The zero-order valence-electron chi connectivity index (χ0n) is 16.8. The zero-order chi connectivity index (χ0) is 22.4. The molecule has 3 aromatic rings. The van der Waals surface area contributed by atoms with Crippen molar-refractivity contribution in [3.63, 3.8) is 0 Å². The molecule has 0 aliphatic heterocycles. The molecule has 0 bridgehead atoms. The number of rotatable bonds is 9. The number of halogens is 1. The molecule has 2 aromatic carbocycles. The molecule has 1 aromatic heterocycles. The first-order chi connectivity index (χ1) is 14.8. The van der Waals surface area contributed by atoms with Crippen LogP contribution >= 0.6 is 27.3 Å². The van der Waals surface area contributed by atoms with E-state index in [1.807, 2.05) is 30.3 Å². The Hall–Kier alpha value is -2.40. The Kier molecular flexibility index (Phi) is 7.71. The Morgan fingerprint density at radius 1 is 1.06 bits per heavy atom. The summed E-state index contributed by atoms with van der Waals surface area (Å²) in [6, 6.07) is 16.2. The van der Waals surface area contributed by atoms with Crippen molar-refractivity contribution < 1.29 is 22.7 Å². The molecule has 1 heterocycles. The number of anilines is 1. The normalized spacial score (nSPS) is 12.2. The van der Waals surface area contributed by atoms with E-state index in [4.69, 9.17) is 9.47 Å². The molecular weight excluding hydrogens is 504 g/mol. The van der Waals surface area contributed by atoms with Crippen molar-refractivity contribution in [1.82, 2.24) is 4.72 Å². The lowest BCUT2D eigenvalue weighted by Gasteiger charge is -2.19. The third-order valence-corrected chi connectivity index (χ3v) is 7.96. The largest absolute Gasteiger partial charge is 0.497 e. The number of hydrogen-bond acceptors (Lipinski definition) is 6. The molecule has 3 rings (SSSR count). The van der Waals surface area contributed by atoms with Gasteiger partial charge < -0.3 is 14.8 Å². The number of ether oxygens (including phenoxy) is 2. The Morgan fingerprint density at radius 3 is 2.42 bits per heavy atom. The third-order valence-electron chi connectivity index (χ3n) is 4.37. The maximum atomic E-state index is 13.2. The summed E-state index contributed by atoms with van der Waals surface area (Å²) in [4.78, 5) is 13.2. The summed E-state index contributed by atoms with van der Waals surface area (Å²) >= 11 is 4.34.